The summed E-state index contributed by atoms with van der Waals surface area (Å²) in [6.07, 6.45) is 0.308. The molecule has 6 heteroatoms. The molecule has 0 saturated heterocycles. The standard InChI is InChI=1S/C16H23NO5/c1-10(2)7-8-22-11(3)15(18)17-12-5-6-13(16(19)20)14(9-12)21-4/h5-6,9-11H,7-8H2,1-4H3,(H,17,18)(H,19,20). The fourth-order valence-electron chi connectivity index (χ4n) is 1.75. The molecule has 1 aromatic carbocycles. The van der Waals surface area contributed by atoms with Crippen LogP contribution in [0.4, 0.5) is 5.69 Å². The third kappa shape index (κ3) is 5.37. The molecule has 0 saturated carbocycles. The predicted octanol–water partition coefficient (Wildman–Crippen LogP) is 2.78. The molecule has 1 unspecified atom stereocenters. The molecule has 1 aromatic rings. The van der Waals surface area contributed by atoms with Gasteiger partial charge in [0.1, 0.15) is 17.4 Å². The number of carbonyl (C=O) groups is 2. The third-order valence-corrected chi connectivity index (χ3v) is 3.13. The molecule has 1 amide bonds. The van der Waals surface area contributed by atoms with Crippen molar-refractivity contribution in [1.29, 1.82) is 0 Å². The van der Waals surface area contributed by atoms with Crippen LogP contribution in [0.15, 0.2) is 18.2 Å². The van der Waals surface area contributed by atoms with E-state index in [1.165, 1.54) is 25.3 Å². The number of carbonyl (C=O) groups excluding carboxylic acids is 1. The summed E-state index contributed by atoms with van der Waals surface area (Å²) in [6, 6.07) is 4.38. The second-order valence-electron chi connectivity index (χ2n) is 5.41. The molecular weight excluding hydrogens is 286 g/mol. The summed E-state index contributed by atoms with van der Waals surface area (Å²) in [7, 11) is 1.38. The molecule has 0 aliphatic rings. The number of amides is 1. The lowest BCUT2D eigenvalue weighted by molar-refractivity contribution is -0.126. The topological polar surface area (TPSA) is 84.9 Å². The minimum atomic E-state index is -1.08. The first-order valence-corrected chi connectivity index (χ1v) is 7.19. The highest BCUT2D eigenvalue weighted by Crippen LogP contribution is 2.23. The summed E-state index contributed by atoms with van der Waals surface area (Å²) >= 11 is 0. The quantitative estimate of drug-likeness (QED) is 0.771. The number of ether oxygens (including phenoxy) is 2. The zero-order valence-electron chi connectivity index (χ0n) is 13.4. The molecular formula is C16H23NO5. The summed E-state index contributed by atoms with van der Waals surface area (Å²) in [4.78, 5) is 23.0. The summed E-state index contributed by atoms with van der Waals surface area (Å²) in [6.45, 7) is 6.38. The Labute approximate surface area is 130 Å². The van der Waals surface area contributed by atoms with Gasteiger partial charge >= 0.3 is 5.97 Å². The SMILES string of the molecule is COc1cc(NC(=O)C(C)OCCC(C)C)ccc1C(=O)O. The van der Waals surface area contributed by atoms with Crippen molar-refractivity contribution in [3.8, 4) is 5.75 Å². The van der Waals surface area contributed by atoms with Crippen LogP contribution in [0, 0.1) is 5.92 Å². The zero-order chi connectivity index (χ0) is 16.7. The number of carboxylic acid groups (broad SMARTS) is 1. The van der Waals surface area contributed by atoms with Crippen molar-refractivity contribution in [3.05, 3.63) is 23.8 Å². The average molecular weight is 309 g/mol. The average Bonchev–Trinajstić information content (AvgIpc) is 2.46. The Morgan fingerprint density at radius 2 is 1.95 bits per heavy atom. The zero-order valence-corrected chi connectivity index (χ0v) is 13.4. The number of rotatable bonds is 8. The van der Waals surface area contributed by atoms with Gasteiger partial charge in [-0.2, -0.15) is 0 Å². The number of aromatic carboxylic acids is 1. The van der Waals surface area contributed by atoms with E-state index in [0.29, 0.717) is 18.2 Å². The van der Waals surface area contributed by atoms with Gasteiger partial charge in [-0.1, -0.05) is 13.8 Å². The molecule has 122 valence electrons. The van der Waals surface area contributed by atoms with E-state index >= 15 is 0 Å². The Kier molecular flexibility index (Phi) is 6.85. The maximum absolute atomic E-state index is 12.0. The van der Waals surface area contributed by atoms with Crippen LogP contribution in [-0.4, -0.2) is 36.8 Å². The molecule has 0 fully saturated rings. The van der Waals surface area contributed by atoms with Crippen LogP contribution >= 0.6 is 0 Å². The number of anilines is 1. The number of hydrogen-bond acceptors (Lipinski definition) is 4. The summed E-state index contributed by atoms with van der Waals surface area (Å²) in [5, 5.41) is 11.7. The Morgan fingerprint density at radius 3 is 2.50 bits per heavy atom. The van der Waals surface area contributed by atoms with E-state index in [1.807, 2.05) is 0 Å². The summed E-state index contributed by atoms with van der Waals surface area (Å²) in [5.74, 6) is -0.657. The monoisotopic (exact) mass is 309 g/mol. The number of nitrogens with one attached hydrogen (secondary N) is 1. The van der Waals surface area contributed by atoms with Crippen molar-refractivity contribution in [2.75, 3.05) is 19.0 Å². The molecule has 0 spiro atoms. The maximum atomic E-state index is 12.0. The Morgan fingerprint density at radius 1 is 1.27 bits per heavy atom. The lowest BCUT2D eigenvalue weighted by Gasteiger charge is -2.15. The fourth-order valence-corrected chi connectivity index (χ4v) is 1.75. The van der Waals surface area contributed by atoms with Crippen LogP contribution in [0.5, 0.6) is 5.75 Å². The largest absolute Gasteiger partial charge is 0.496 e. The van der Waals surface area contributed by atoms with Crippen molar-refractivity contribution in [3.63, 3.8) is 0 Å². The Hall–Kier alpha value is -2.08. The predicted molar refractivity (Wildman–Crippen MR) is 83.5 cm³/mol. The fraction of sp³-hybridized carbons (Fsp3) is 0.500. The summed E-state index contributed by atoms with van der Waals surface area (Å²) in [5.41, 5.74) is 0.507. The second kappa shape index (κ2) is 8.38. The molecule has 0 heterocycles. The van der Waals surface area contributed by atoms with Crippen LogP contribution in [0.2, 0.25) is 0 Å². The minimum Gasteiger partial charge on any atom is -0.496 e. The number of hydrogen-bond donors (Lipinski definition) is 2. The van der Waals surface area contributed by atoms with E-state index in [0.717, 1.165) is 6.42 Å². The van der Waals surface area contributed by atoms with Gasteiger partial charge in [0.05, 0.1) is 7.11 Å². The first-order chi connectivity index (χ1) is 10.3. The van der Waals surface area contributed by atoms with Gasteiger partial charge in [-0.05, 0) is 31.4 Å². The van der Waals surface area contributed by atoms with Crippen molar-refractivity contribution >= 4 is 17.6 Å². The smallest absolute Gasteiger partial charge is 0.339 e. The van der Waals surface area contributed by atoms with E-state index in [-0.39, 0.29) is 17.2 Å². The van der Waals surface area contributed by atoms with Crippen molar-refractivity contribution < 1.29 is 24.2 Å². The van der Waals surface area contributed by atoms with Gasteiger partial charge in [0, 0.05) is 18.4 Å². The maximum Gasteiger partial charge on any atom is 0.339 e. The molecule has 1 atom stereocenters. The molecule has 1 rings (SSSR count). The van der Waals surface area contributed by atoms with E-state index in [9.17, 15) is 9.59 Å². The first-order valence-electron chi connectivity index (χ1n) is 7.19. The lowest BCUT2D eigenvalue weighted by atomic mass is 10.1. The van der Waals surface area contributed by atoms with Crippen LogP contribution in [0.3, 0.4) is 0 Å². The minimum absolute atomic E-state index is 0.0433. The van der Waals surface area contributed by atoms with Crippen molar-refractivity contribution in [2.45, 2.75) is 33.3 Å². The molecule has 0 aliphatic carbocycles. The van der Waals surface area contributed by atoms with E-state index in [1.54, 1.807) is 6.92 Å². The Balaban J connectivity index is 2.66. The highest BCUT2D eigenvalue weighted by molar-refractivity contribution is 5.96. The normalized spacial score (nSPS) is 12.0. The second-order valence-corrected chi connectivity index (χ2v) is 5.41. The van der Waals surface area contributed by atoms with Gasteiger partial charge in [-0.15, -0.1) is 0 Å². The molecule has 0 radical (unpaired) electrons. The number of benzene rings is 1. The van der Waals surface area contributed by atoms with Gasteiger partial charge < -0.3 is 19.9 Å². The van der Waals surface area contributed by atoms with Gasteiger partial charge in [0.25, 0.3) is 5.91 Å². The van der Waals surface area contributed by atoms with Crippen LogP contribution in [0.25, 0.3) is 0 Å². The van der Waals surface area contributed by atoms with Gasteiger partial charge in [-0.3, -0.25) is 4.79 Å². The first kappa shape index (κ1) is 18.0. The molecule has 0 aliphatic heterocycles. The molecule has 6 nitrogen and oxygen atoms in total. The molecule has 22 heavy (non-hydrogen) atoms. The highest BCUT2D eigenvalue weighted by Gasteiger charge is 2.16. The van der Waals surface area contributed by atoms with Crippen LogP contribution < -0.4 is 10.1 Å². The number of methoxy groups -OCH3 is 1. The van der Waals surface area contributed by atoms with Gasteiger partial charge in [0.15, 0.2) is 0 Å². The highest BCUT2D eigenvalue weighted by atomic mass is 16.5. The van der Waals surface area contributed by atoms with Crippen molar-refractivity contribution in [1.82, 2.24) is 0 Å². The number of carboxylic acids is 1. The molecule has 2 N–H and O–H groups in total. The lowest BCUT2D eigenvalue weighted by Crippen LogP contribution is -2.28. The molecule has 0 aromatic heterocycles. The third-order valence-electron chi connectivity index (χ3n) is 3.13. The van der Waals surface area contributed by atoms with Gasteiger partial charge in [-0.25, -0.2) is 4.79 Å². The van der Waals surface area contributed by atoms with Crippen molar-refractivity contribution in [2.24, 2.45) is 5.92 Å². The van der Waals surface area contributed by atoms with E-state index in [2.05, 4.69) is 19.2 Å². The van der Waals surface area contributed by atoms with Gasteiger partial charge in [0.2, 0.25) is 0 Å². The van der Waals surface area contributed by atoms with E-state index in [4.69, 9.17) is 14.6 Å². The van der Waals surface area contributed by atoms with Crippen LogP contribution in [-0.2, 0) is 9.53 Å². The molecule has 0 bridgehead atoms. The van der Waals surface area contributed by atoms with E-state index < -0.39 is 12.1 Å². The Bertz CT molecular complexity index is 527. The summed E-state index contributed by atoms with van der Waals surface area (Å²) < 4.78 is 10.5. The van der Waals surface area contributed by atoms with Crippen LogP contribution in [0.1, 0.15) is 37.6 Å².